The summed E-state index contributed by atoms with van der Waals surface area (Å²) in [5, 5.41) is 11.7. The molecule has 2 N–H and O–H groups in total. The highest BCUT2D eigenvalue weighted by molar-refractivity contribution is 6.31. The van der Waals surface area contributed by atoms with Crippen LogP contribution in [0.15, 0.2) is 24.3 Å². The molecule has 5 nitrogen and oxygen atoms in total. The molecule has 0 bridgehead atoms. The lowest BCUT2D eigenvalue weighted by Crippen LogP contribution is -2.38. The standard InChI is InChI=1S/C19H25ClN4O.ClH/c1-13-18(19(25)22-11-15-6-5-9-21-10-15)14(2)24(23-13)12-16-7-3-4-8-17(16)20;/h3-4,7-8,15,21H,5-6,9-12H2,1-2H3,(H,22,25);1H. The molecule has 0 spiro atoms. The lowest BCUT2D eigenvalue weighted by molar-refractivity contribution is 0.0943. The molecule has 0 saturated carbocycles. The second kappa shape index (κ2) is 9.40. The van der Waals surface area contributed by atoms with Crippen molar-refractivity contribution in [2.24, 2.45) is 5.92 Å². The van der Waals surface area contributed by atoms with Crippen LogP contribution in [0.25, 0.3) is 0 Å². The van der Waals surface area contributed by atoms with Gasteiger partial charge < -0.3 is 10.6 Å². The van der Waals surface area contributed by atoms with Crippen LogP contribution in [-0.2, 0) is 6.54 Å². The molecular formula is C19H26Cl2N4O. The number of amides is 1. The van der Waals surface area contributed by atoms with Crippen molar-refractivity contribution >= 4 is 29.9 Å². The Kier molecular flexibility index (Phi) is 7.50. The van der Waals surface area contributed by atoms with Gasteiger partial charge in [0.15, 0.2) is 0 Å². The highest BCUT2D eigenvalue weighted by Gasteiger charge is 2.20. The number of carbonyl (C=O) groups is 1. The highest BCUT2D eigenvalue weighted by Crippen LogP contribution is 2.19. The van der Waals surface area contributed by atoms with Crippen LogP contribution in [0.5, 0.6) is 0 Å². The van der Waals surface area contributed by atoms with Crippen molar-refractivity contribution in [3.8, 4) is 0 Å². The number of nitrogens with zero attached hydrogens (tertiary/aromatic N) is 2. The van der Waals surface area contributed by atoms with E-state index in [-0.39, 0.29) is 18.3 Å². The lowest BCUT2D eigenvalue weighted by atomic mass is 9.99. The molecule has 7 heteroatoms. The van der Waals surface area contributed by atoms with Crippen molar-refractivity contribution in [1.82, 2.24) is 20.4 Å². The molecule has 1 aliphatic rings. The van der Waals surface area contributed by atoms with Gasteiger partial charge in [0.2, 0.25) is 0 Å². The van der Waals surface area contributed by atoms with Crippen LogP contribution in [0, 0.1) is 19.8 Å². The maximum atomic E-state index is 12.7. The Balaban J connectivity index is 0.00000243. The molecule has 0 aliphatic carbocycles. The predicted octanol–water partition coefficient (Wildman–Crippen LogP) is 3.35. The fourth-order valence-electron chi connectivity index (χ4n) is 3.39. The van der Waals surface area contributed by atoms with E-state index in [1.54, 1.807) is 0 Å². The van der Waals surface area contributed by atoms with Crippen LogP contribution < -0.4 is 10.6 Å². The quantitative estimate of drug-likeness (QED) is 0.814. The van der Waals surface area contributed by atoms with Crippen molar-refractivity contribution in [1.29, 1.82) is 0 Å². The van der Waals surface area contributed by atoms with Crippen molar-refractivity contribution in [3.05, 3.63) is 51.8 Å². The van der Waals surface area contributed by atoms with Gasteiger partial charge in [0.25, 0.3) is 5.91 Å². The number of carbonyl (C=O) groups excluding carboxylic acids is 1. The SMILES string of the molecule is Cc1nn(Cc2ccccc2Cl)c(C)c1C(=O)NCC1CCCNC1.Cl. The third-order valence-corrected chi connectivity index (χ3v) is 5.21. The van der Waals surface area contributed by atoms with Crippen molar-refractivity contribution in [2.45, 2.75) is 33.2 Å². The van der Waals surface area contributed by atoms with E-state index in [9.17, 15) is 4.79 Å². The van der Waals surface area contributed by atoms with Crippen LogP contribution in [0.3, 0.4) is 0 Å². The predicted molar refractivity (Wildman–Crippen MR) is 107 cm³/mol. The van der Waals surface area contributed by atoms with Gasteiger partial charge in [0, 0.05) is 17.3 Å². The number of aromatic nitrogens is 2. The maximum Gasteiger partial charge on any atom is 0.255 e. The number of nitrogens with one attached hydrogen (secondary N) is 2. The molecule has 1 aromatic carbocycles. The maximum absolute atomic E-state index is 12.7. The molecule has 142 valence electrons. The van der Waals surface area contributed by atoms with E-state index in [0.29, 0.717) is 29.6 Å². The van der Waals surface area contributed by atoms with E-state index < -0.39 is 0 Å². The number of piperidine rings is 1. The zero-order valence-corrected chi connectivity index (χ0v) is 16.8. The lowest BCUT2D eigenvalue weighted by Gasteiger charge is -2.22. The highest BCUT2D eigenvalue weighted by atomic mass is 35.5. The number of benzene rings is 1. The molecule has 2 heterocycles. The van der Waals surface area contributed by atoms with E-state index in [1.807, 2.05) is 42.8 Å². The zero-order valence-electron chi connectivity index (χ0n) is 15.2. The minimum atomic E-state index is -0.0361. The number of aryl methyl sites for hydroxylation is 1. The molecular weight excluding hydrogens is 371 g/mol. The average molecular weight is 397 g/mol. The Morgan fingerprint density at radius 1 is 1.38 bits per heavy atom. The average Bonchev–Trinajstić information content (AvgIpc) is 2.89. The molecule has 3 rings (SSSR count). The summed E-state index contributed by atoms with van der Waals surface area (Å²) in [7, 11) is 0. The van der Waals surface area contributed by atoms with E-state index in [0.717, 1.165) is 36.5 Å². The molecule has 1 fully saturated rings. The Morgan fingerprint density at radius 3 is 2.85 bits per heavy atom. The summed E-state index contributed by atoms with van der Waals surface area (Å²) in [6, 6.07) is 7.72. The Hall–Kier alpha value is -1.56. The number of rotatable bonds is 5. The molecule has 1 unspecified atom stereocenters. The first-order valence-corrected chi connectivity index (χ1v) is 9.20. The fourth-order valence-corrected chi connectivity index (χ4v) is 3.59. The molecule has 0 radical (unpaired) electrons. The molecule has 1 aromatic heterocycles. The van der Waals surface area contributed by atoms with E-state index in [1.165, 1.54) is 6.42 Å². The fraction of sp³-hybridized carbons (Fsp3) is 0.474. The van der Waals surface area contributed by atoms with Gasteiger partial charge in [-0.3, -0.25) is 9.48 Å². The minimum absolute atomic E-state index is 0. The van der Waals surface area contributed by atoms with Crippen LogP contribution in [0.4, 0.5) is 0 Å². The zero-order chi connectivity index (χ0) is 17.8. The van der Waals surface area contributed by atoms with E-state index in [4.69, 9.17) is 11.6 Å². The summed E-state index contributed by atoms with van der Waals surface area (Å²) >= 11 is 6.25. The second-order valence-corrected chi connectivity index (χ2v) is 7.12. The van der Waals surface area contributed by atoms with Crippen LogP contribution in [0.1, 0.15) is 40.2 Å². The van der Waals surface area contributed by atoms with Gasteiger partial charge in [-0.2, -0.15) is 5.10 Å². The minimum Gasteiger partial charge on any atom is -0.352 e. The first kappa shape index (κ1) is 20.7. The van der Waals surface area contributed by atoms with E-state index in [2.05, 4.69) is 15.7 Å². The number of halogens is 2. The third kappa shape index (κ3) is 4.78. The van der Waals surface area contributed by atoms with Gasteiger partial charge >= 0.3 is 0 Å². The van der Waals surface area contributed by atoms with Crippen molar-refractivity contribution < 1.29 is 4.79 Å². The summed E-state index contributed by atoms with van der Waals surface area (Å²) in [6.07, 6.45) is 2.34. The second-order valence-electron chi connectivity index (χ2n) is 6.72. The first-order valence-electron chi connectivity index (χ1n) is 8.82. The summed E-state index contributed by atoms with van der Waals surface area (Å²) in [5.74, 6) is 0.475. The van der Waals surface area contributed by atoms with E-state index >= 15 is 0 Å². The first-order chi connectivity index (χ1) is 12.1. The molecule has 1 amide bonds. The van der Waals surface area contributed by atoms with Gasteiger partial charge in [-0.1, -0.05) is 29.8 Å². The van der Waals surface area contributed by atoms with Crippen LogP contribution in [-0.4, -0.2) is 35.3 Å². The van der Waals surface area contributed by atoms with Gasteiger partial charge in [0.05, 0.1) is 17.8 Å². The Bertz CT molecular complexity index is 754. The van der Waals surface area contributed by atoms with Gasteiger partial charge in [-0.05, 0) is 57.3 Å². The van der Waals surface area contributed by atoms with Gasteiger partial charge in [0.1, 0.15) is 0 Å². The third-order valence-electron chi connectivity index (χ3n) is 4.84. The Labute approximate surface area is 165 Å². The normalized spacial score (nSPS) is 16.8. The van der Waals surface area contributed by atoms with Crippen molar-refractivity contribution in [3.63, 3.8) is 0 Å². The van der Waals surface area contributed by atoms with Crippen molar-refractivity contribution in [2.75, 3.05) is 19.6 Å². The molecule has 2 aromatic rings. The molecule has 26 heavy (non-hydrogen) atoms. The summed E-state index contributed by atoms with van der Waals surface area (Å²) in [4.78, 5) is 12.7. The summed E-state index contributed by atoms with van der Waals surface area (Å²) in [5.41, 5.74) is 3.30. The summed E-state index contributed by atoms with van der Waals surface area (Å²) in [6.45, 7) is 7.15. The molecule has 1 aliphatic heterocycles. The smallest absolute Gasteiger partial charge is 0.255 e. The van der Waals surface area contributed by atoms with Gasteiger partial charge in [-0.25, -0.2) is 0 Å². The topological polar surface area (TPSA) is 59.0 Å². The monoisotopic (exact) mass is 396 g/mol. The number of hydrogen-bond acceptors (Lipinski definition) is 3. The Morgan fingerprint density at radius 2 is 2.15 bits per heavy atom. The van der Waals surface area contributed by atoms with Crippen LogP contribution >= 0.6 is 24.0 Å². The molecule has 1 atom stereocenters. The van der Waals surface area contributed by atoms with Gasteiger partial charge in [-0.15, -0.1) is 12.4 Å². The van der Waals surface area contributed by atoms with Crippen LogP contribution in [0.2, 0.25) is 5.02 Å². The summed E-state index contributed by atoms with van der Waals surface area (Å²) < 4.78 is 1.85. The largest absolute Gasteiger partial charge is 0.352 e. The number of hydrogen-bond donors (Lipinski definition) is 2. The molecule has 1 saturated heterocycles.